The second kappa shape index (κ2) is 8.74. The largest absolute Gasteiger partial charge is 0.382 e. The molecule has 0 saturated carbocycles. The maximum Gasteiger partial charge on any atom is 0.316 e. The molecule has 0 unspecified atom stereocenters. The number of hydrogen-bond donors (Lipinski definition) is 2. The van der Waals surface area contributed by atoms with Crippen molar-refractivity contribution in [1.29, 1.82) is 0 Å². The second-order valence-electron chi connectivity index (χ2n) is 3.53. The highest BCUT2D eigenvalue weighted by Gasteiger charge is 1.99. The van der Waals surface area contributed by atoms with Crippen LogP contribution in [0.2, 0.25) is 5.02 Å². The van der Waals surface area contributed by atoms with Gasteiger partial charge < -0.3 is 20.1 Å². The van der Waals surface area contributed by atoms with Gasteiger partial charge in [0.2, 0.25) is 0 Å². The summed E-state index contributed by atoms with van der Waals surface area (Å²) in [7, 11) is 1.59. The lowest BCUT2D eigenvalue weighted by Gasteiger charge is -2.08. The highest BCUT2D eigenvalue weighted by Crippen LogP contribution is 2.08. The molecule has 2 N–H and O–H groups in total. The maximum atomic E-state index is 11.4. The van der Waals surface area contributed by atoms with Crippen molar-refractivity contribution in [2.75, 3.05) is 27.1 Å². The number of methoxy groups -OCH3 is 1. The summed E-state index contributed by atoms with van der Waals surface area (Å²) < 4.78 is 9.90. The van der Waals surface area contributed by atoms with Crippen LogP contribution in [0.4, 0.5) is 4.79 Å². The molecule has 2 amide bonds. The lowest BCUT2D eigenvalue weighted by Crippen LogP contribution is -2.36. The van der Waals surface area contributed by atoms with E-state index in [1.807, 2.05) is 12.1 Å². The van der Waals surface area contributed by atoms with Gasteiger partial charge in [0.05, 0.1) is 13.2 Å². The first-order valence-corrected chi connectivity index (χ1v) is 5.93. The number of hydrogen-bond acceptors (Lipinski definition) is 3. The maximum absolute atomic E-state index is 11.4. The van der Waals surface area contributed by atoms with E-state index < -0.39 is 0 Å². The molecule has 1 aromatic rings. The Morgan fingerprint density at radius 2 is 1.94 bits per heavy atom. The minimum Gasteiger partial charge on any atom is -0.382 e. The summed E-state index contributed by atoms with van der Waals surface area (Å²) in [4.78, 5) is 11.4. The quantitative estimate of drug-likeness (QED) is 0.587. The minimum atomic E-state index is -0.276. The molecule has 100 valence electrons. The zero-order chi connectivity index (χ0) is 13.2. The van der Waals surface area contributed by atoms with Gasteiger partial charge in [-0.05, 0) is 17.7 Å². The summed E-state index contributed by atoms with van der Waals surface area (Å²) in [5, 5.41) is 5.95. The van der Waals surface area contributed by atoms with Crippen LogP contribution in [-0.2, 0) is 16.0 Å². The number of ether oxygens (including phenoxy) is 2. The monoisotopic (exact) mass is 272 g/mol. The SMILES string of the molecule is COCCOCNC(=O)NCc1ccc(Cl)cc1. The lowest BCUT2D eigenvalue weighted by atomic mass is 10.2. The fourth-order valence-corrected chi connectivity index (χ4v) is 1.30. The van der Waals surface area contributed by atoms with Crippen molar-refractivity contribution in [2.24, 2.45) is 0 Å². The molecule has 6 heteroatoms. The number of amides is 2. The first-order chi connectivity index (χ1) is 8.72. The number of urea groups is 1. The fraction of sp³-hybridized carbons (Fsp3) is 0.417. The highest BCUT2D eigenvalue weighted by molar-refractivity contribution is 6.30. The number of benzene rings is 1. The van der Waals surface area contributed by atoms with Crippen LogP contribution in [-0.4, -0.2) is 33.1 Å². The van der Waals surface area contributed by atoms with Gasteiger partial charge in [0, 0.05) is 18.7 Å². The van der Waals surface area contributed by atoms with E-state index in [4.69, 9.17) is 21.1 Å². The molecule has 0 heterocycles. The molecule has 0 aromatic heterocycles. The molecule has 5 nitrogen and oxygen atoms in total. The van der Waals surface area contributed by atoms with E-state index in [0.717, 1.165) is 5.56 Å². The molecule has 0 fully saturated rings. The predicted octanol–water partition coefficient (Wildman–Crippen LogP) is 1.76. The van der Waals surface area contributed by atoms with E-state index in [9.17, 15) is 4.79 Å². The zero-order valence-corrected chi connectivity index (χ0v) is 11.0. The minimum absolute atomic E-state index is 0.163. The van der Waals surface area contributed by atoms with Crippen LogP contribution in [0.5, 0.6) is 0 Å². The van der Waals surface area contributed by atoms with Crippen LogP contribution < -0.4 is 10.6 Å². The van der Waals surface area contributed by atoms with E-state index >= 15 is 0 Å². The second-order valence-corrected chi connectivity index (χ2v) is 3.97. The summed E-state index contributed by atoms with van der Waals surface area (Å²) in [6.45, 7) is 1.57. The number of carbonyl (C=O) groups excluding carboxylic acids is 1. The molecule has 0 spiro atoms. The third kappa shape index (κ3) is 6.44. The Morgan fingerprint density at radius 1 is 1.22 bits per heavy atom. The molecule has 1 aromatic carbocycles. The van der Waals surface area contributed by atoms with Crippen molar-refractivity contribution in [3.05, 3.63) is 34.9 Å². The summed E-state index contributed by atoms with van der Waals surface area (Å²) in [6, 6.07) is 7.01. The third-order valence-corrected chi connectivity index (χ3v) is 2.38. The Kier molecular flexibility index (Phi) is 7.17. The van der Waals surface area contributed by atoms with Crippen molar-refractivity contribution < 1.29 is 14.3 Å². The van der Waals surface area contributed by atoms with Crippen LogP contribution in [0.1, 0.15) is 5.56 Å². The van der Waals surface area contributed by atoms with Crippen molar-refractivity contribution >= 4 is 17.6 Å². The van der Waals surface area contributed by atoms with E-state index in [1.165, 1.54) is 0 Å². The molecule has 0 atom stereocenters. The first-order valence-electron chi connectivity index (χ1n) is 5.55. The van der Waals surface area contributed by atoms with Gasteiger partial charge in [0.1, 0.15) is 6.73 Å². The molecule has 0 aliphatic heterocycles. The number of carbonyl (C=O) groups is 1. The molecule has 0 saturated heterocycles. The predicted molar refractivity (Wildman–Crippen MR) is 69.5 cm³/mol. The Labute approximate surface area is 111 Å². The van der Waals surface area contributed by atoms with Gasteiger partial charge in [-0.3, -0.25) is 0 Å². The number of nitrogens with one attached hydrogen (secondary N) is 2. The third-order valence-electron chi connectivity index (χ3n) is 2.13. The van der Waals surface area contributed by atoms with Crippen molar-refractivity contribution in [3.8, 4) is 0 Å². The van der Waals surface area contributed by atoms with Crippen LogP contribution in [0.15, 0.2) is 24.3 Å². The first kappa shape index (κ1) is 14.8. The average molecular weight is 273 g/mol. The summed E-state index contributed by atoms with van der Waals surface area (Å²) in [6.07, 6.45) is 0. The molecule has 1 rings (SSSR count). The molecule has 0 bridgehead atoms. The van der Waals surface area contributed by atoms with Gasteiger partial charge >= 0.3 is 6.03 Å². The fourth-order valence-electron chi connectivity index (χ4n) is 1.18. The van der Waals surface area contributed by atoms with E-state index in [-0.39, 0.29) is 12.8 Å². The summed E-state index contributed by atoms with van der Waals surface area (Å²) in [5.41, 5.74) is 0.981. The van der Waals surface area contributed by atoms with Gasteiger partial charge in [0.15, 0.2) is 0 Å². The number of rotatable bonds is 7. The van der Waals surface area contributed by atoms with Gasteiger partial charge in [-0.2, -0.15) is 0 Å². The normalized spacial score (nSPS) is 10.1. The molecule has 0 radical (unpaired) electrons. The Balaban J connectivity index is 2.11. The van der Waals surface area contributed by atoms with E-state index in [2.05, 4.69) is 10.6 Å². The molecular weight excluding hydrogens is 256 g/mol. The molecule has 18 heavy (non-hydrogen) atoms. The van der Waals surface area contributed by atoms with Crippen molar-refractivity contribution in [3.63, 3.8) is 0 Å². The van der Waals surface area contributed by atoms with Crippen LogP contribution in [0, 0.1) is 0 Å². The molecule has 0 aliphatic carbocycles. The van der Waals surface area contributed by atoms with Crippen molar-refractivity contribution in [2.45, 2.75) is 6.54 Å². The van der Waals surface area contributed by atoms with Crippen LogP contribution >= 0.6 is 11.6 Å². The highest BCUT2D eigenvalue weighted by atomic mass is 35.5. The Bertz CT molecular complexity index is 357. The standard InChI is InChI=1S/C12H17ClN2O3/c1-17-6-7-18-9-15-12(16)14-8-10-2-4-11(13)5-3-10/h2-5H,6-9H2,1H3,(H2,14,15,16). The van der Waals surface area contributed by atoms with Gasteiger partial charge in [0.25, 0.3) is 0 Å². The van der Waals surface area contributed by atoms with Crippen molar-refractivity contribution in [1.82, 2.24) is 10.6 Å². The lowest BCUT2D eigenvalue weighted by molar-refractivity contribution is 0.0642. The van der Waals surface area contributed by atoms with E-state index in [1.54, 1.807) is 19.2 Å². The molecular formula is C12H17ClN2O3. The smallest absolute Gasteiger partial charge is 0.316 e. The average Bonchev–Trinajstić information content (AvgIpc) is 2.38. The molecule has 0 aliphatic rings. The van der Waals surface area contributed by atoms with E-state index in [0.29, 0.717) is 24.8 Å². The van der Waals surface area contributed by atoms with Gasteiger partial charge in [-0.25, -0.2) is 4.79 Å². The summed E-state index contributed by atoms with van der Waals surface area (Å²) >= 11 is 5.76. The zero-order valence-electron chi connectivity index (χ0n) is 10.2. The Morgan fingerprint density at radius 3 is 2.61 bits per heavy atom. The van der Waals surface area contributed by atoms with Crippen LogP contribution in [0.3, 0.4) is 0 Å². The number of halogens is 1. The van der Waals surface area contributed by atoms with Gasteiger partial charge in [-0.1, -0.05) is 23.7 Å². The summed E-state index contributed by atoms with van der Waals surface area (Å²) in [5.74, 6) is 0. The Hall–Kier alpha value is -1.30. The van der Waals surface area contributed by atoms with Gasteiger partial charge in [-0.15, -0.1) is 0 Å². The topological polar surface area (TPSA) is 59.6 Å². The van der Waals surface area contributed by atoms with Crippen LogP contribution in [0.25, 0.3) is 0 Å².